The van der Waals surface area contributed by atoms with E-state index >= 15 is 0 Å². The third kappa shape index (κ3) is 4.80. The molecule has 14 rings (SSSR count). The summed E-state index contributed by atoms with van der Waals surface area (Å²) in [4.78, 5) is 0. The molecule has 0 unspecified atom stereocenters. The molecule has 0 saturated carbocycles. The van der Waals surface area contributed by atoms with Gasteiger partial charge in [-0.25, -0.2) is 0 Å². The highest BCUT2D eigenvalue weighted by molar-refractivity contribution is 6.18. The Balaban J connectivity index is 0.911. The van der Waals surface area contributed by atoms with Gasteiger partial charge in [0.15, 0.2) is 0 Å². The molecule has 0 spiro atoms. The Bertz CT molecular complexity index is 4030. The number of hydrogen-bond donors (Lipinski definition) is 0. The minimum Gasteiger partial charge on any atom is -0.309 e. The summed E-state index contributed by atoms with van der Waals surface area (Å²) in [7, 11) is 0. The average Bonchev–Trinajstić information content (AvgIpc) is 3.96. The van der Waals surface area contributed by atoms with Crippen LogP contribution in [0.5, 0.6) is 0 Å². The zero-order valence-electron chi connectivity index (χ0n) is 33.7. The van der Waals surface area contributed by atoms with Crippen LogP contribution in [0.3, 0.4) is 0 Å². The summed E-state index contributed by atoms with van der Waals surface area (Å²) in [5, 5.41) is 12.6. The van der Waals surface area contributed by atoms with Crippen LogP contribution in [0.1, 0.15) is 0 Å². The van der Waals surface area contributed by atoms with E-state index in [0.29, 0.717) is 0 Å². The zero-order chi connectivity index (χ0) is 40.5. The first-order chi connectivity index (χ1) is 30.7. The van der Waals surface area contributed by atoms with Crippen molar-refractivity contribution < 1.29 is 0 Å². The molecule has 0 radical (unpaired) electrons. The van der Waals surface area contributed by atoms with Crippen LogP contribution in [0, 0.1) is 0 Å². The van der Waals surface area contributed by atoms with Gasteiger partial charge in [0.2, 0.25) is 0 Å². The van der Waals surface area contributed by atoms with Gasteiger partial charge in [0.05, 0.1) is 22.1 Å². The van der Waals surface area contributed by atoms with Gasteiger partial charge >= 0.3 is 0 Å². The molecule has 2 aromatic heterocycles. The fourth-order valence-corrected chi connectivity index (χ4v) is 10.7. The van der Waals surface area contributed by atoms with Crippen LogP contribution in [0.4, 0.5) is 0 Å². The van der Waals surface area contributed by atoms with Crippen molar-refractivity contribution in [3.63, 3.8) is 0 Å². The van der Waals surface area contributed by atoms with E-state index in [2.05, 4.69) is 228 Å². The van der Waals surface area contributed by atoms with Gasteiger partial charge in [-0.15, -0.1) is 0 Å². The maximum Gasteiger partial charge on any atom is 0.0547 e. The van der Waals surface area contributed by atoms with Gasteiger partial charge in [-0.05, 0) is 162 Å². The summed E-state index contributed by atoms with van der Waals surface area (Å²) >= 11 is 0. The molecule has 286 valence electrons. The Hall–Kier alpha value is -8.20. The van der Waals surface area contributed by atoms with Crippen LogP contribution in [0.15, 0.2) is 218 Å². The molecule has 2 heteroatoms. The standard InChI is InChI=1S/C60H36N2/c1-2-14-46(15-3-1)61-56-20-9-8-18-50(56)52-33-42(24-27-57(52)61)43-25-28-58-53(34-43)54-32-37-11-4-5-12-38(37)36-59(54)62(58)47-26-23-39-29-40(21-22-41(39)31-47)45-30-44-13-10-19-51-48-16-6-7-17-49(48)55(35-45)60(44)51/h1-36H. The molecule has 0 atom stereocenters. The van der Waals surface area contributed by atoms with E-state index < -0.39 is 0 Å². The molecule has 2 nitrogen and oxygen atoms in total. The molecule has 0 N–H and O–H groups in total. The Morgan fingerprint density at radius 1 is 0.226 bits per heavy atom. The fraction of sp³-hybridized carbons (Fsp3) is 0. The number of benzene rings is 11. The highest BCUT2D eigenvalue weighted by Crippen LogP contribution is 2.49. The number of nitrogens with zero attached hydrogens (tertiary/aromatic N) is 2. The van der Waals surface area contributed by atoms with E-state index in [0.717, 1.165) is 5.69 Å². The molecule has 2 heterocycles. The summed E-state index contributed by atoms with van der Waals surface area (Å²) in [6.45, 7) is 0. The quantitative estimate of drug-likeness (QED) is 0.168. The molecule has 0 aliphatic heterocycles. The van der Waals surface area contributed by atoms with Gasteiger partial charge in [0.1, 0.15) is 0 Å². The van der Waals surface area contributed by atoms with Crippen LogP contribution in [0.2, 0.25) is 0 Å². The summed E-state index contributed by atoms with van der Waals surface area (Å²) in [5.41, 5.74) is 17.4. The summed E-state index contributed by atoms with van der Waals surface area (Å²) in [6.07, 6.45) is 0. The maximum absolute atomic E-state index is 2.46. The second-order valence-electron chi connectivity index (χ2n) is 16.9. The number of aromatic nitrogens is 2. The van der Waals surface area contributed by atoms with E-state index in [9.17, 15) is 0 Å². The van der Waals surface area contributed by atoms with Crippen LogP contribution in [-0.4, -0.2) is 9.13 Å². The van der Waals surface area contributed by atoms with Crippen LogP contribution in [0.25, 0.3) is 132 Å². The highest BCUT2D eigenvalue weighted by atomic mass is 15.0. The fourth-order valence-electron chi connectivity index (χ4n) is 10.7. The zero-order valence-corrected chi connectivity index (χ0v) is 33.7. The van der Waals surface area contributed by atoms with Gasteiger partial charge in [0, 0.05) is 32.9 Å². The van der Waals surface area contributed by atoms with Crippen LogP contribution >= 0.6 is 0 Å². The first-order valence-electron chi connectivity index (χ1n) is 21.5. The molecule has 1 aliphatic carbocycles. The second-order valence-corrected chi connectivity index (χ2v) is 16.9. The lowest BCUT2D eigenvalue weighted by Gasteiger charge is -2.12. The smallest absolute Gasteiger partial charge is 0.0547 e. The van der Waals surface area contributed by atoms with Gasteiger partial charge in [-0.1, -0.05) is 133 Å². The molecule has 0 amide bonds. The van der Waals surface area contributed by atoms with E-state index in [4.69, 9.17) is 0 Å². The van der Waals surface area contributed by atoms with Crippen molar-refractivity contribution in [2.24, 2.45) is 0 Å². The summed E-state index contributed by atoms with van der Waals surface area (Å²) in [6, 6.07) is 81.1. The number of para-hydroxylation sites is 2. The third-order valence-electron chi connectivity index (χ3n) is 13.6. The van der Waals surface area contributed by atoms with Crippen molar-refractivity contribution in [3.8, 4) is 55.9 Å². The molecular formula is C60H36N2. The summed E-state index contributed by atoms with van der Waals surface area (Å²) < 4.78 is 4.85. The molecular weight excluding hydrogens is 749 g/mol. The minimum atomic E-state index is 1.16. The van der Waals surface area contributed by atoms with E-state index in [1.165, 1.54) is 126 Å². The molecule has 13 aromatic rings. The average molecular weight is 785 g/mol. The summed E-state index contributed by atoms with van der Waals surface area (Å²) in [5.74, 6) is 0. The molecule has 62 heavy (non-hydrogen) atoms. The predicted octanol–water partition coefficient (Wildman–Crippen LogP) is 16.3. The van der Waals surface area contributed by atoms with Gasteiger partial charge < -0.3 is 9.13 Å². The lowest BCUT2D eigenvalue weighted by atomic mass is 9.95. The number of fused-ring (bicyclic) bond motifs is 11. The van der Waals surface area contributed by atoms with E-state index in [-0.39, 0.29) is 0 Å². The van der Waals surface area contributed by atoms with Crippen molar-refractivity contribution in [2.45, 2.75) is 0 Å². The Labute approximate surface area is 357 Å². The molecule has 11 aromatic carbocycles. The largest absolute Gasteiger partial charge is 0.309 e. The third-order valence-corrected chi connectivity index (χ3v) is 13.6. The normalized spacial score (nSPS) is 12.2. The van der Waals surface area contributed by atoms with Gasteiger partial charge in [0.25, 0.3) is 0 Å². The van der Waals surface area contributed by atoms with Crippen molar-refractivity contribution >= 4 is 75.9 Å². The molecule has 0 bridgehead atoms. The topological polar surface area (TPSA) is 9.86 Å². The number of rotatable bonds is 4. The lowest BCUT2D eigenvalue weighted by molar-refractivity contribution is 1.18. The van der Waals surface area contributed by atoms with E-state index in [1.54, 1.807) is 0 Å². The van der Waals surface area contributed by atoms with Gasteiger partial charge in [-0.3, -0.25) is 0 Å². The first-order valence-corrected chi connectivity index (χ1v) is 21.5. The number of hydrogen-bond acceptors (Lipinski definition) is 0. The Morgan fingerprint density at radius 3 is 1.58 bits per heavy atom. The van der Waals surface area contributed by atoms with Crippen molar-refractivity contribution in [1.29, 1.82) is 0 Å². The SMILES string of the molecule is c1ccc(-n2c3ccccc3c3cc(-c4ccc5c(c4)c4cc6ccccc6cc4n5-c4ccc5cc(-c6cc7c8c(cccc8c6)-c6ccccc6-7)ccc5c4)ccc32)cc1. The highest BCUT2D eigenvalue weighted by Gasteiger charge is 2.22. The maximum atomic E-state index is 2.46. The second kappa shape index (κ2) is 12.7. The molecule has 0 fully saturated rings. The lowest BCUT2D eigenvalue weighted by Crippen LogP contribution is -1.94. The van der Waals surface area contributed by atoms with Crippen molar-refractivity contribution in [2.75, 3.05) is 0 Å². The Morgan fingerprint density at radius 2 is 0.758 bits per heavy atom. The van der Waals surface area contributed by atoms with Crippen LogP contribution in [-0.2, 0) is 0 Å². The van der Waals surface area contributed by atoms with Crippen molar-refractivity contribution in [3.05, 3.63) is 218 Å². The van der Waals surface area contributed by atoms with Crippen molar-refractivity contribution in [1.82, 2.24) is 9.13 Å². The predicted molar refractivity (Wildman–Crippen MR) is 263 cm³/mol. The monoisotopic (exact) mass is 784 g/mol. The molecule has 1 aliphatic rings. The van der Waals surface area contributed by atoms with Crippen LogP contribution < -0.4 is 0 Å². The minimum absolute atomic E-state index is 1.16. The molecule has 0 saturated heterocycles. The van der Waals surface area contributed by atoms with Gasteiger partial charge in [-0.2, -0.15) is 0 Å². The first kappa shape index (κ1) is 33.6. The Kier molecular flexibility index (Phi) is 6.86. The van der Waals surface area contributed by atoms with E-state index in [1.807, 2.05) is 0 Å².